The fourth-order valence-electron chi connectivity index (χ4n) is 2.87. The van der Waals surface area contributed by atoms with Crippen molar-refractivity contribution < 1.29 is 9.53 Å². The van der Waals surface area contributed by atoms with E-state index in [1.165, 1.54) is 0 Å². The summed E-state index contributed by atoms with van der Waals surface area (Å²) in [5, 5.41) is 0.576. The molecule has 1 unspecified atom stereocenters. The van der Waals surface area contributed by atoms with E-state index in [1.54, 1.807) is 17.3 Å². The molecule has 136 valence electrons. The zero-order valence-electron chi connectivity index (χ0n) is 14.9. The van der Waals surface area contributed by atoms with E-state index in [0.29, 0.717) is 11.6 Å². The first-order chi connectivity index (χ1) is 12.2. The molecule has 1 atom stereocenters. The smallest absolute Gasteiger partial charge is 0.414 e. The van der Waals surface area contributed by atoms with E-state index < -0.39 is 11.7 Å². The lowest BCUT2D eigenvalue weighted by molar-refractivity contribution is 0.0289. The van der Waals surface area contributed by atoms with Gasteiger partial charge in [0.15, 0.2) is 0 Å². The molecule has 4 nitrogen and oxygen atoms in total. The standard InChI is InChI=1S/C20H20BrClN2O2/c1-20(2,3)26-19(25)24(12-13-5-4-8-23-11-13)18-10-14(22)9-16-15(18)6-7-17(16)21/h4-11,15H,12H2,1-3H3. The van der Waals surface area contributed by atoms with Crippen LogP contribution in [0.15, 0.2) is 69.6 Å². The van der Waals surface area contributed by atoms with Crippen molar-refractivity contribution in [2.45, 2.75) is 32.9 Å². The fourth-order valence-corrected chi connectivity index (χ4v) is 3.61. The highest BCUT2D eigenvalue weighted by Gasteiger charge is 2.33. The third-order valence-electron chi connectivity index (χ3n) is 3.93. The van der Waals surface area contributed by atoms with Gasteiger partial charge in [-0.1, -0.05) is 45.7 Å². The third-order valence-corrected chi connectivity index (χ3v) is 4.87. The Bertz CT molecular complexity index is 835. The monoisotopic (exact) mass is 434 g/mol. The van der Waals surface area contributed by atoms with Gasteiger partial charge in [0, 0.05) is 33.5 Å². The summed E-state index contributed by atoms with van der Waals surface area (Å²) in [5.74, 6) is -0.0453. The second-order valence-corrected chi connectivity index (χ2v) is 8.46. The Labute approximate surface area is 167 Å². The molecule has 6 heteroatoms. The highest BCUT2D eigenvalue weighted by atomic mass is 79.9. The van der Waals surface area contributed by atoms with Crippen LogP contribution in [0.3, 0.4) is 0 Å². The number of hydrogen-bond donors (Lipinski definition) is 0. The maximum Gasteiger partial charge on any atom is 0.414 e. The minimum absolute atomic E-state index is 0.0453. The Morgan fingerprint density at radius 3 is 2.81 bits per heavy atom. The molecule has 3 rings (SSSR count). The Balaban J connectivity index is 1.99. The van der Waals surface area contributed by atoms with Crippen LogP contribution < -0.4 is 0 Å². The van der Waals surface area contributed by atoms with Crippen LogP contribution in [-0.2, 0) is 11.3 Å². The molecule has 1 aromatic rings. The quantitative estimate of drug-likeness (QED) is 0.614. The number of halogens is 2. The number of allylic oxidation sites excluding steroid dienone is 6. The number of nitrogens with zero attached hydrogens (tertiary/aromatic N) is 2. The minimum Gasteiger partial charge on any atom is -0.443 e. The molecule has 0 aromatic carbocycles. The van der Waals surface area contributed by atoms with E-state index in [9.17, 15) is 4.79 Å². The van der Waals surface area contributed by atoms with Gasteiger partial charge >= 0.3 is 6.09 Å². The molecule has 2 aliphatic carbocycles. The van der Waals surface area contributed by atoms with Crippen molar-refractivity contribution in [2.24, 2.45) is 5.92 Å². The summed E-state index contributed by atoms with van der Waals surface area (Å²) in [5.41, 5.74) is 2.14. The molecule has 0 spiro atoms. The van der Waals surface area contributed by atoms with E-state index >= 15 is 0 Å². The summed E-state index contributed by atoms with van der Waals surface area (Å²) in [6, 6.07) is 3.78. The molecule has 1 heterocycles. The Morgan fingerprint density at radius 1 is 1.38 bits per heavy atom. The third kappa shape index (κ3) is 4.27. The molecule has 1 aromatic heterocycles. The molecule has 0 saturated heterocycles. The van der Waals surface area contributed by atoms with Crippen LogP contribution in [0.25, 0.3) is 0 Å². The van der Waals surface area contributed by atoms with Crippen LogP contribution in [0.4, 0.5) is 4.79 Å². The van der Waals surface area contributed by atoms with Crippen molar-refractivity contribution in [1.82, 2.24) is 9.88 Å². The summed E-state index contributed by atoms with van der Waals surface area (Å²) < 4.78 is 6.62. The molecule has 0 saturated carbocycles. The zero-order valence-corrected chi connectivity index (χ0v) is 17.2. The number of hydrogen-bond acceptors (Lipinski definition) is 3. The highest BCUT2D eigenvalue weighted by Crippen LogP contribution is 2.41. The molecule has 0 radical (unpaired) electrons. The van der Waals surface area contributed by atoms with Crippen LogP contribution in [0.5, 0.6) is 0 Å². The number of aromatic nitrogens is 1. The van der Waals surface area contributed by atoms with Crippen molar-refractivity contribution in [3.63, 3.8) is 0 Å². The average Bonchev–Trinajstić information content (AvgIpc) is 2.92. The van der Waals surface area contributed by atoms with Gasteiger partial charge in [0.25, 0.3) is 0 Å². The lowest BCUT2D eigenvalue weighted by atomic mass is 9.93. The van der Waals surface area contributed by atoms with Crippen molar-refractivity contribution in [1.29, 1.82) is 0 Å². The normalized spacial score (nSPS) is 19.0. The number of carbonyl (C=O) groups excluding carboxylic acids is 1. The van der Waals surface area contributed by atoms with Crippen molar-refractivity contribution in [2.75, 3.05) is 0 Å². The van der Waals surface area contributed by atoms with Gasteiger partial charge in [-0.3, -0.25) is 9.88 Å². The first kappa shape index (κ1) is 18.9. The molecule has 0 bridgehead atoms. The van der Waals surface area contributed by atoms with Gasteiger partial charge in [-0.05, 0) is 50.1 Å². The van der Waals surface area contributed by atoms with Gasteiger partial charge in [-0.15, -0.1) is 0 Å². The molecular formula is C20H20BrClN2O2. The van der Waals surface area contributed by atoms with Gasteiger partial charge in [-0.2, -0.15) is 0 Å². The molecular weight excluding hydrogens is 416 g/mol. The SMILES string of the molecule is CC(C)(C)OC(=O)N(Cc1cccnc1)C1=CC(Cl)=CC2=C(Br)C=CC12. The molecule has 0 aliphatic heterocycles. The molecule has 26 heavy (non-hydrogen) atoms. The Kier molecular flexibility index (Phi) is 5.39. The highest BCUT2D eigenvalue weighted by molar-refractivity contribution is 9.11. The van der Waals surface area contributed by atoms with Gasteiger partial charge in [0.2, 0.25) is 0 Å². The molecule has 2 aliphatic rings. The van der Waals surface area contributed by atoms with Crippen molar-refractivity contribution in [3.05, 3.63) is 75.2 Å². The van der Waals surface area contributed by atoms with E-state index in [1.807, 2.05) is 57.2 Å². The van der Waals surface area contributed by atoms with Crippen LogP contribution in [0.1, 0.15) is 26.3 Å². The van der Waals surface area contributed by atoms with Crippen LogP contribution >= 0.6 is 27.5 Å². The summed E-state index contributed by atoms with van der Waals surface area (Å²) in [7, 11) is 0. The number of rotatable bonds is 3. The largest absolute Gasteiger partial charge is 0.443 e. The maximum absolute atomic E-state index is 13.0. The fraction of sp³-hybridized carbons (Fsp3) is 0.300. The number of pyridine rings is 1. The summed E-state index contributed by atoms with van der Waals surface area (Å²) >= 11 is 9.89. The number of carbonyl (C=O) groups is 1. The van der Waals surface area contributed by atoms with Crippen molar-refractivity contribution in [3.8, 4) is 0 Å². The summed E-state index contributed by atoms with van der Waals surface area (Å²) in [6.07, 6.45) is 10.8. The first-order valence-electron chi connectivity index (χ1n) is 8.31. The van der Waals surface area contributed by atoms with E-state index in [2.05, 4.69) is 20.9 Å². The van der Waals surface area contributed by atoms with E-state index in [0.717, 1.165) is 21.3 Å². The van der Waals surface area contributed by atoms with Crippen LogP contribution in [-0.4, -0.2) is 21.6 Å². The predicted octanol–water partition coefficient (Wildman–Crippen LogP) is 5.67. The number of fused-ring (bicyclic) bond motifs is 1. The molecule has 0 N–H and O–H groups in total. The average molecular weight is 436 g/mol. The van der Waals surface area contributed by atoms with Gasteiger partial charge in [0.05, 0.1) is 6.54 Å². The predicted molar refractivity (Wildman–Crippen MR) is 107 cm³/mol. The topological polar surface area (TPSA) is 42.4 Å². The summed E-state index contributed by atoms with van der Waals surface area (Å²) in [6.45, 7) is 5.92. The van der Waals surface area contributed by atoms with Crippen molar-refractivity contribution >= 4 is 33.6 Å². The summed E-state index contributed by atoms with van der Waals surface area (Å²) in [4.78, 5) is 18.7. The van der Waals surface area contributed by atoms with E-state index in [4.69, 9.17) is 16.3 Å². The van der Waals surface area contributed by atoms with Gasteiger partial charge in [0.1, 0.15) is 5.60 Å². The second kappa shape index (κ2) is 7.41. The van der Waals surface area contributed by atoms with Gasteiger partial charge in [-0.25, -0.2) is 4.79 Å². The van der Waals surface area contributed by atoms with Crippen LogP contribution in [0.2, 0.25) is 0 Å². The maximum atomic E-state index is 13.0. The van der Waals surface area contributed by atoms with Crippen LogP contribution in [0, 0.1) is 5.92 Å². The number of amides is 1. The minimum atomic E-state index is -0.593. The Hall–Kier alpha value is -1.85. The molecule has 0 fully saturated rings. The second-order valence-electron chi connectivity index (χ2n) is 7.17. The lowest BCUT2D eigenvalue weighted by Gasteiger charge is -2.33. The van der Waals surface area contributed by atoms with Gasteiger partial charge < -0.3 is 4.74 Å². The molecule has 1 amide bonds. The lowest BCUT2D eigenvalue weighted by Crippen LogP contribution is -2.38. The number of ether oxygens (including phenoxy) is 1. The first-order valence-corrected chi connectivity index (χ1v) is 9.48. The van der Waals surface area contributed by atoms with E-state index in [-0.39, 0.29) is 5.92 Å². The zero-order chi connectivity index (χ0) is 18.9. The Morgan fingerprint density at radius 2 is 2.15 bits per heavy atom.